The third-order valence-electron chi connectivity index (χ3n) is 3.42. The van der Waals surface area contributed by atoms with E-state index in [0.29, 0.717) is 0 Å². The highest BCUT2D eigenvalue weighted by Crippen LogP contribution is 2.27. The van der Waals surface area contributed by atoms with Crippen LogP contribution in [0.4, 0.5) is 0 Å². The highest BCUT2D eigenvalue weighted by atomic mass is 14.9. The Morgan fingerprint density at radius 3 is 2.94 bits per heavy atom. The van der Waals surface area contributed by atoms with Crippen LogP contribution in [0, 0.1) is 5.92 Å². The van der Waals surface area contributed by atoms with Gasteiger partial charge in [-0.2, -0.15) is 0 Å². The van der Waals surface area contributed by atoms with Crippen molar-refractivity contribution in [2.45, 2.75) is 19.3 Å². The van der Waals surface area contributed by atoms with Gasteiger partial charge in [0.05, 0.1) is 5.52 Å². The molecule has 2 heteroatoms. The van der Waals surface area contributed by atoms with E-state index >= 15 is 0 Å². The largest absolute Gasteiger partial charge is 0.316 e. The molecule has 3 rings (SSSR count). The maximum Gasteiger partial charge on any atom is 0.0734 e. The van der Waals surface area contributed by atoms with Gasteiger partial charge in [0.15, 0.2) is 0 Å². The first-order chi connectivity index (χ1) is 8.43. The molecule has 1 aliphatic carbocycles. The van der Waals surface area contributed by atoms with Crippen molar-refractivity contribution in [3.63, 3.8) is 0 Å². The summed E-state index contributed by atoms with van der Waals surface area (Å²) in [6.07, 6.45) is 5.79. The maximum absolute atomic E-state index is 4.48. The van der Waals surface area contributed by atoms with Crippen LogP contribution in [-0.4, -0.2) is 18.1 Å². The zero-order chi connectivity index (χ0) is 11.5. The summed E-state index contributed by atoms with van der Waals surface area (Å²) in [4.78, 5) is 4.48. The average molecular weight is 226 g/mol. The maximum atomic E-state index is 4.48. The molecule has 2 aromatic rings. The van der Waals surface area contributed by atoms with Crippen LogP contribution in [0.15, 0.2) is 36.5 Å². The van der Waals surface area contributed by atoms with Crippen LogP contribution in [-0.2, 0) is 6.42 Å². The number of rotatable bonds is 5. The molecule has 1 heterocycles. The molecule has 0 atom stereocenters. The van der Waals surface area contributed by atoms with E-state index in [1.165, 1.54) is 30.3 Å². The normalized spacial score (nSPS) is 15.3. The molecule has 0 aliphatic heterocycles. The molecule has 0 bridgehead atoms. The summed E-state index contributed by atoms with van der Waals surface area (Å²) in [5.74, 6) is 0.959. The summed E-state index contributed by atoms with van der Waals surface area (Å²) in [6, 6.07) is 10.6. The van der Waals surface area contributed by atoms with Crippen LogP contribution < -0.4 is 5.32 Å². The molecule has 88 valence electrons. The standard InChI is InChI=1S/C15H18N2/c1-3-13-5-2-9-17-15(13)14(4-1)8-10-16-11-12-6-7-12/h1-5,9,12,16H,6-8,10-11H2. The topological polar surface area (TPSA) is 24.9 Å². The predicted molar refractivity (Wildman–Crippen MR) is 71.0 cm³/mol. The number of para-hydroxylation sites is 1. The smallest absolute Gasteiger partial charge is 0.0734 e. The van der Waals surface area contributed by atoms with E-state index in [2.05, 4.69) is 34.6 Å². The van der Waals surface area contributed by atoms with Gasteiger partial charge in [-0.25, -0.2) is 0 Å². The van der Waals surface area contributed by atoms with E-state index < -0.39 is 0 Å². The van der Waals surface area contributed by atoms with E-state index in [1.807, 2.05) is 12.3 Å². The van der Waals surface area contributed by atoms with E-state index in [1.54, 1.807) is 0 Å². The zero-order valence-electron chi connectivity index (χ0n) is 10.0. The summed E-state index contributed by atoms with van der Waals surface area (Å²) >= 11 is 0. The first-order valence-corrected chi connectivity index (χ1v) is 6.47. The molecule has 2 nitrogen and oxygen atoms in total. The Labute approximate surface area is 102 Å². The molecular formula is C15H18N2. The number of pyridine rings is 1. The molecule has 17 heavy (non-hydrogen) atoms. The molecule has 0 radical (unpaired) electrons. The quantitative estimate of drug-likeness (QED) is 0.793. The second-order valence-corrected chi connectivity index (χ2v) is 4.89. The molecule has 1 saturated carbocycles. The Kier molecular flexibility index (Phi) is 3.06. The van der Waals surface area contributed by atoms with Crippen LogP contribution in [0.5, 0.6) is 0 Å². The highest BCUT2D eigenvalue weighted by Gasteiger charge is 2.19. The van der Waals surface area contributed by atoms with E-state index in [4.69, 9.17) is 0 Å². The number of nitrogens with zero attached hydrogens (tertiary/aromatic N) is 1. The van der Waals surface area contributed by atoms with Gasteiger partial charge in [0.2, 0.25) is 0 Å². The number of nitrogens with one attached hydrogen (secondary N) is 1. The molecule has 1 N–H and O–H groups in total. The summed E-state index contributed by atoms with van der Waals surface area (Å²) < 4.78 is 0. The molecule has 1 aliphatic rings. The summed E-state index contributed by atoms with van der Waals surface area (Å²) in [5.41, 5.74) is 2.51. The fourth-order valence-corrected chi connectivity index (χ4v) is 2.22. The van der Waals surface area contributed by atoms with Crippen molar-refractivity contribution in [1.82, 2.24) is 10.3 Å². The van der Waals surface area contributed by atoms with Gasteiger partial charge < -0.3 is 5.32 Å². The molecule has 0 unspecified atom stereocenters. The lowest BCUT2D eigenvalue weighted by Gasteiger charge is -2.06. The first-order valence-electron chi connectivity index (χ1n) is 6.47. The van der Waals surface area contributed by atoms with Crippen molar-refractivity contribution in [1.29, 1.82) is 0 Å². The fourth-order valence-electron chi connectivity index (χ4n) is 2.22. The fraction of sp³-hybridized carbons (Fsp3) is 0.400. The van der Waals surface area contributed by atoms with Gasteiger partial charge in [-0.3, -0.25) is 4.98 Å². The van der Waals surface area contributed by atoms with Gasteiger partial charge in [-0.15, -0.1) is 0 Å². The van der Waals surface area contributed by atoms with Crippen LogP contribution in [0.1, 0.15) is 18.4 Å². The second-order valence-electron chi connectivity index (χ2n) is 4.89. The number of fused-ring (bicyclic) bond motifs is 1. The van der Waals surface area contributed by atoms with Crippen LogP contribution in [0.2, 0.25) is 0 Å². The van der Waals surface area contributed by atoms with Crippen molar-refractivity contribution < 1.29 is 0 Å². The van der Waals surface area contributed by atoms with Gasteiger partial charge in [-0.1, -0.05) is 24.3 Å². The number of aromatic nitrogens is 1. The van der Waals surface area contributed by atoms with E-state index in [0.717, 1.165) is 24.4 Å². The predicted octanol–water partition coefficient (Wildman–Crippen LogP) is 2.78. The van der Waals surface area contributed by atoms with Crippen molar-refractivity contribution in [3.8, 4) is 0 Å². The second kappa shape index (κ2) is 4.84. The lowest BCUT2D eigenvalue weighted by atomic mass is 10.1. The number of benzene rings is 1. The van der Waals surface area contributed by atoms with Gasteiger partial charge >= 0.3 is 0 Å². The van der Waals surface area contributed by atoms with Crippen LogP contribution in [0.3, 0.4) is 0 Å². The third kappa shape index (κ3) is 2.64. The highest BCUT2D eigenvalue weighted by molar-refractivity contribution is 5.81. The monoisotopic (exact) mass is 226 g/mol. The lowest BCUT2D eigenvalue weighted by Crippen LogP contribution is -2.19. The Morgan fingerprint density at radius 2 is 2.06 bits per heavy atom. The lowest BCUT2D eigenvalue weighted by molar-refractivity contribution is 0.638. The minimum absolute atomic E-state index is 0.959. The summed E-state index contributed by atoms with van der Waals surface area (Å²) in [6.45, 7) is 2.25. The minimum Gasteiger partial charge on any atom is -0.316 e. The molecule has 1 aromatic heterocycles. The SMILES string of the molecule is c1cnc2c(CCNCC3CC3)cccc2c1. The van der Waals surface area contributed by atoms with Gasteiger partial charge in [0.1, 0.15) is 0 Å². The molecule has 1 fully saturated rings. The van der Waals surface area contributed by atoms with Crippen molar-refractivity contribution in [2.75, 3.05) is 13.1 Å². The van der Waals surface area contributed by atoms with Crippen LogP contribution >= 0.6 is 0 Å². The van der Waals surface area contributed by atoms with E-state index in [-0.39, 0.29) is 0 Å². The zero-order valence-corrected chi connectivity index (χ0v) is 10.0. The summed E-state index contributed by atoms with van der Waals surface area (Å²) in [7, 11) is 0. The van der Waals surface area contributed by atoms with Crippen molar-refractivity contribution >= 4 is 10.9 Å². The Morgan fingerprint density at radius 1 is 1.18 bits per heavy atom. The van der Waals surface area contributed by atoms with Crippen LogP contribution in [0.25, 0.3) is 10.9 Å². The van der Waals surface area contributed by atoms with Crippen molar-refractivity contribution in [3.05, 3.63) is 42.1 Å². The Hall–Kier alpha value is -1.41. The first kappa shape index (κ1) is 10.7. The number of hydrogen-bond donors (Lipinski definition) is 1. The van der Waals surface area contributed by atoms with Crippen molar-refractivity contribution in [2.24, 2.45) is 5.92 Å². The molecule has 1 aromatic carbocycles. The average Bonchev–Trinajstić information content (AvgIpc) is 3.19. The van der Waals surface area contributed by atoms with Gasteiger partial charge in [0, 0.05) is 11.6 Å². The van der Waals surface area contributed by atoms with E-state index in [9.17, 15) is 0 Å². The molecular weight excluding hydrogens is 208 g/mol. The third-order valence-corrected chi connectivity index (χ3v) is 3.42. The van der Waals surface area contributed by atoms with Gasteiger partial charge in [-0.05, 0) is 49.9 Å². The summed E-state index contributed by atoms with van der Waals surface area (Å²) in [5, 5.41) is 4.78. The van der Waals surface area contributed by atoms with Gasteiger partial charge in [0.25, 0.3) is 0 Å². The number of hydrogen-bond acceptors (Lipinski definition) is 2. The molecule has 0 saturated heterocycles. The Balaban J connectivity index is 1.66. The molecule has 0 spiro atoms. The molecule has 0 amide bonds. The minimum atomic E-state index is 0.959. The Bertz CT molecular complexity index is 498.